The lowest BCUT2D eigenvalue weighted by Crippen LogP contribution is -2.47. The van der Waals surface area contributed by atoms with E-state index < -0.39 is 70.6 Å². The van der Waals surface area contributed by atoms with Crippen molar-refractivity contribution in [3.8, 4) is 5.75 Å². The van der Waals surface area contributed by atoms with Gasteiger partial charge in [0.2, 0.25) is 5.82 Å². The highest BCUT2D eigenvalue weighted by atomic mass is 19.4. The summed E-state index contributed by atoms with van der Waals surface area (Å²) < 4.78 is 86.0. The summed E-state index contributed by atoms with van der Waals surface area (Å²) in [5, 5.41) is 2.38. The highest BCUT2D eigenvalue weighted by molar-refractivity contribution is 5.98. The average Bonchev–Trinajstić information content (AvgIpc) is 3.15. The van der Waals surface area contributed by atoms with E-state index in [4.69, 9.17) is 14.2 Å². The van der Waals surface area contributed by atoms with Gasteiger partial charge in [-0.3, -0.25) is 20.0 Å². The number of halogens is 5. The quantitative estimate of drug-likeness (QED) is 0.344. The zero-order valence-electron chi connectivity index (χ0n) is 22.9. The average molecular weight is 589 g/mol. The van der Waals surface area contributed by atoms with E-state index in [0.717, 1.165) is 38.4 Å². The van der Waals surface area contributed by atoms with Crippen LogP contribution < -0.4 is 20.9 Å². The van der Waals surface area contributed by atoms with Crippen molar-refractivity contribution in [2.75, 3.05) is 12.4 Å². The maximum atomic E-state index is 14.5. The largest absolute Gasteiger partial charge is 0.493 e. The molecular weight excluding hydrogens is 559 g/mol. The molecule has 1 saturated heterocycles. The van der Waals surface area contributed by atoms with Crippen LogP contribution >= 0.6 is 0 Å². The number of carbonyl (C=O) groups is 3. The monoisotopic (exact) mass is 588 g/mol. The van der Waals surface area contributed by atoms with Crippen LogP contribution in [0.15, 0.2) is 30.5 Å². The number of methoxy groups -OCH3 is 1. The molecule has 10 nitrogen and oxygen atoms in total. The lowest BCUT2D eigenvalue weighted by atomic mass is 9.77. The van der Waals surface area contributed by atoms with Gasteiger partial charge in [0.1, 0.15) is 17.4 Å². The van der Waals surface area contributed by atoms with Crippen LogP contribution in [0, 0.1) is 17.6 Å². The molecular formula is C26H29F5N4O6. The minimum atomic E-state index is -4.94. The highest BCUT2D eigenvalue weighted by Crippen LogP contribution is 2.55. The summed E-state index contributed by atoms with van der Waals surface area (Å²) in [5.41, 5.74) is -0.104. The summed E-state index contributed by atoms with van der Waals surface area (Å²) >= 11 is 0. The van der Waals surface area contributed by atoms with Gasteiger partial charge in [-0.25, -0.2) is 14.6 Å². The van der Waals surface area contributed by atoms with E-state index in [1.54, 1.807) is 20.8 Å². The van der Waals surface area contributed by atoms with Gasteiger partial charge in [0.25, 0.3) is 11.8 Å². The Morgan fingerprint density at radius 2 is 1.73 bits per heavy atom. The molecule has 3 amide bonds. The standard InChI is InChI=1S/C26H29F5N4O6/c1-12-17(14-7-8-15(27)18(28)19(14)39-6)20(40-25(12,5)26(29,30)31)22(37)33-13-9-10-32-16(11-13)21(36)34-35-23(38)41-24(2,3)4/h7-12,17,20H,1-6H3,(H,34,36)(H,35,38)(H,32,33,37)/t12-,17-,20+,25+/m0/s1. The number of hydrogen-bond acceptors (Lipinski definition) is 7. The molecule has 2 heterocycles. The van der Waals surface area contributed by atoms with Crippen molar-refractivity contribution >= 4 is 23.6 Å². The molecule has 0 radical (unpaired) electrons. The Kier molecular flexibility index (Phi) is 8.81. The van der Waals surface area contributed by atoms with Crippen molar-refractivity contribution in [1.29, 1.82) is 0 Å². The SMILES string of the molecule is COc1c([C@H]2[C@H](C(=O)Nc3ccnc(C(=O)NNC(=O)OC(C)(C)C)c3)O[C@@](C)(C(F)(F)F)[C@H]2C)ccc(F)c1F. The van der Waals surface area contributed by atoms with Gasteiger partial charge >= 0.3 is 12.3 Å². The second-order valence-electron chi connectivity index (χ2n) is 10.4. The first-order valence-electron chi connectivity index (χ1n) is 12.2. The van der Waals surface area contributed by atoms with Gasteiger partial charge in [0.05, 0.1) is 7.11 Å². The first-order chi connectivity index (χ1) is 18.9. The minimum Gasteiger partial charge on any atom is -0.493 e. The number of hydrogen-bond donors (Lipinski definition) is 3. The maximum Gasteiger partial charge on any atom is 0.426 e. The van der Waals surface area contributed by atoms with E-state index in [0.29, 0.717) is 0 Å². The number of ether oxygens (including phenoxy) is 3. The fraction of sp³-hybridized carbons (Fsp3) is 0.462. The number of hydrazine groups is 1. The molecule has 15 heteroatoms. The molecule has 3 N–H and O–H groups in total. The van der Waals surface area contributed by atoms with Crippen LogP contribution in [-0.4, -0.2) is 53.5 Å². The second-order valence-corrected chi connectivity index (χ2v) is 10.4. The Labute approximate surface area is 231 Å². The third kappa shape index (κ3) is 6.66. The predicted octanol–water partition coefficient (Wildman–Crippen LogP) is 4.62. The molecule has 41 heavy (non-hydrogen) atoms. The Hall–Kier alpha value is -4.01. The number of aromatic nitrogens is 1. The van der Waals surface area contributed by atoms with Crippen molar-refractivity contribution in [2.45, 2.75) is 64.0 Å². The molecule has 1 aromatic heterocycles. The summed E-state index contributed by atoms with van der Waals surface area (Å²) in [7, 11) is 1.01. The number of nitrogens with zero attached hydrogens (tertiary/aromatic N) is 1. The number of carbonyl (C=O) groups excluding carboxylic acids is 3. The van der Waals surface area contributed by atoms with Crippen LogP contribution in [0.25, 0.3) is 0 Å². The molecule has 0 aliphatic carbocycles. The van der Waals surface area contributed by atoms with Crippen molar-refractivity contribution in [1.82, 2.24) is 15.8 Å². The van der Waals surface area contributed by atoms with E-state index >= 15 is 0 Å². The molecule has 0 saturated carbocycles. The Morgan fingerprint density at radius 1 is 1.07 bits per heavy atom. The molecule has 2 aromatic rings. The maximum absolute atomic E-state index is 14.5. The van der Waals surface area contributed by atoms with Gasteiger partial charge in [-0.2, -0.15) is 17.6 Å². The number of pyridine rings is 1. The van der Waals surface area contributed by atoms with Crippen LogP contribution in [0.5, 0.6) is 5.75 Å². The fourth-order valence-corrected chi connectivity index (χ4v) is 4.36. The third-order valence-corrected chi connectivity index (χ3v) is 6.51. The summed E-state index contributed by atoms with van der Waals surface area (Å²) in [4.78, 5) is 41.4. The second kappa shape index (κ2) is 11.5. The van der Waals surface area contributed by atoms with E-state index in [-0.39, 0.29) is 16.9 Å². The molecule has 0 unspecified atom stereocenters. The van der Waals surface area contributed by atoms with Gasteiger partial charge in [-0.1, -0.05) is 13.0 Å². The van der Waals surface area contributed by atoms with Gasteiger partial charge < -0.3 is 19.5 Å². The Bertz CT molecular complexity index is 1330. The summed E-state index contributed by atoms with van der Waals surface area (Å²) in [5.74, 6) is -8.21. The molecule has 1 aromatic carbocycles. The summed E-state index contributed by atoms with van der Waals surface area (Å²) in [6, 6.07) is 4.11. The molecule has 4 atom stereocenters. The van der Waals surface area contributed by atoms with Gasteiger partial charge in [-0.05, 0) is 45.9 Å². The lowest BCUT2D eigenvalue weighted by molar-refractivity contribution is -0.272. The number of nitrogens with one attached hydrogen (secondary N) is 3. The minimum absolute atomic E-state index is 0.0553. The molecule has 0 spiro atoms. The highest BCUT2D eigenvalue weighted by Gasteiger charge is 2.65. The molecule has 0 bridgehead atoms. The molecule has 1 fully saturated rings. The van der Waals surface area contributed by atoms with Crippen LogP contribution in [0.3, 0.4) is 0 Å². The van der Waals surface area contributed by atoms with Gasteiger partial charge in [0.15, 0.2) is 17.2 Å². The molecule has 1 aliphatic rings. The van der Waals surface area contributed by atoms with Crippen LogP contribution in [0.4, 0.5) is 32.4 Å². The Morgan fingerprint density at radius 3 is 2.32 bits per heavy atom. The number of anilines is 1. The zero-order chi connectivity index (χ0) is 30.9. The first-order valence-corrected chi connectivity index (χ1v) is 12.2. The van der Waals surface area contributed by atoms with Crippen molar-refractivity contribution in [3.05, 3.63) is 53.4 Å². The van der Waals surface area contributed by atoms with Gasteiger partial charge in [0, 0.05) is 29.3 Å². The molecule has 224 valence electrons. The number of benzene rings is 1. The third-order valence-electron chi connectivity index (χ3n) is 6.51. The topological polar surface area (TPSA) is 128 Å². The van der Waals surface area contributed by atoms with E-state index in [1.165, 1.54) is 13.0 Å². The fourth-order valence-electron chi connectivity index (χ4n) is 4.36. The lowest BCUT2D eigenvalue weighted by Gasteiger charge is -2.32. The van der Waals surface area contributed by atoms with E-state index in [2.05, 4.69) is 15.7 Å². The van der Waals surface area contributed by atoms with E-state index in [9.17, 15) is 36.3 Å². The summed E-state index contributed by atoms with van der Waals surface area (Å²) in [6.07, 6.45) is -6.59. The van der Waals surface area contributed by atoms with E-state index in [1.807, 2.05) is 5.43 Å². The summed E-state index contributed by atoms with van der Waals surface area (Å²) in [6.45, 7) is 6.78. The van der Waals surface area contributed by atoms with Crippen LogP contribution in [-0.2, 0) is 14.3 Å². The van der Waals surface area contributed by atoms with Crippen LogP contribution in [0.1, 0.15) is 56.6 Å². The number of alkyl halides is 3. The zero-order valence-corrected chi connectivity index (χ0v) is 22.9. The van der Waals surface area contributed by atoms with Crippen LogP contribution in [0.2, 0.25) is 0 Å². The first kappa shape index (κ1) is 31.5. The molecule has 1 aliphatic heterocycles. The van der Waals surface area contributed by atoms with Gasteiger partial charge in [-0.15, -0.1) is 0 Å². The predicted molar refractivity (Wildman–Crippen MR) is 134 cm³/mol. The van der Waals surface area contributed by atoms with Crippen molar-refractivity contribution in [3.63, 3.8) is 0 Å². The van der Waals surface area contributed by atoms with Crippen molar-refractivity contribution in [2.24, 2.45) is 5.92 Å². The smallest absolute Gasteiger partial charge is 0.426 e. The Balaban J connectivity index is 1.88. The van der Waals surface area contributed by atoms with Crippen molar-refractivity contribution < 1.29 is 50.5 Å². The molecule has 3 rings (SSSR count). The number of amides is 3. The normalized spacial score (nSPS) is 22.6. The number of rotatable bonds is 5.